The van der Waals surface area contributed by atoms with E-state index in [0.717, 1.165) is 58.4 Å². The maximum atomic E-state index is 6.08. The van der Waals surface area contributed by atoms with Gasteiger partial charge in [-0.2, -0.15) is 0 Å². The molecule has 1 aliphatic heterocycles. The van der Waals surface area contributed by atoms with E-state index in [1.54, 1.807) is 7.11 Å². The number of likely N-dealkylation sites (N-methyl/N-ethyl adjacent to an activating group) is 1. The van der Waals surface area contributed by atoms with Crippen molar-refractivity contribution in [2.45, 2.75) is 26.9 Å². The number of aryl methyl sites for hydroxylation is 2. The molecule has 0 spiro atoms. The SMILES string of the molecule is CCNC(=NCCN(C)CCOC)N1CCOC(c2ccc(C)cc2C)C1. The summed E-state index contributed by atoms with van der Waals surface area (Å²) >= 11 is 0. The molecule has 1 aliphatic rings. The Kier molecular flexibility index (Phi) is 9.04. The van der Waals surface area contributed by atoms with Gasteiger partial charge in [0.1, 0.15) is 6.10 Å². The lowest BCUT2D eigenvalue weighted by Crippen LogP contribution is -2.48. The van der Waals surface area contributed by atoms with Crippen LogP contribution in [-0.2, 0) is 9.47 Å². The molecule has 27 heavy (non-hydrogen) atoms. The molecule has 6 nitrogen and oxygen atoms in total. The van der Waals surface area contributed by atoms with Gasteiger partial charge in [0.25, 0.3) is 0 Å². The minimum absolute atomic E-state index is 0.0904. The minimum atomic E-state index is 0.0904. The summed E-state index contributed by atoms with van der Waals surface area (Å²) < 4.78 is 11.2. The zero-order valence-corrected chi connectivity index (χ0v) is 17.6. The number of nitrogens with one attached hydrogen (secondary N) is 1. The molecule has 152 valence electrons. The normalized spacial score (nSPS) is 18.2. The third-order valence-corrected chi connectivity index (χ3v) is 4.89. The van der Waals surface area contributed by atoms with Crippen LogP contribution in [0.3, 0.4) is 0 Å². The Balaban J connectivity index is 2.00. The molecule has 1 aromatic carbocycles. The third kappa shape index (κ3) is 6.79. The summed E-state index contributed by atoms with van der Waals surface area (Å²) in [5, 5.41) is 3.44. The molecule has 0 aliphatic carbocycles. The lowest BCUT2D eigenvalue weighted by molar-refractivity contribution is -0.00834. The first-order valence-corrected chi connectivity index (χ1v) is 9.94. The molecule has 2 rings (SSSR count). The second-order valence-electron chi connectivity index (χ2n) is 7.20. The summed E-state index contributed by atoms with van der Waals surface area (Å²) in [6.45, 7) is 13.1. The fraction of sp³-hybridized carbons (Fsp3) is 0.667. The summed E-state index contributed by atoms with van der Waals surface area (Å²) in [7, 11) is 3.84. The number of hydrogen-bond acceptors (Lipinski definition) is 4. The highest BCUT2D eigenvalue weighted by Gasteiger charge is 2.25. The van der Waals surface area contributed by atoms with Gasteiger partial charge in [0.15, 0.2) is 5.96 Å². The van der Waals surface area contributed by atoms with Crippen LogP contribution in [0.5, 0.6) is 0 Å². The Morgan fingerprint density at radius 2 is 2.19 bits per heavy atom. The quantitative estimate of drug-likeness (QED) is 0.557. The highest BCUT2D eigenvalue weighted by Crippen LogP contribution is 2.25. The van der Waals surface area contributed by atoms with Gasteiger partial charge < -0.3 is 24.6 Å². The van der Waals surface area contributed by atoms with Gasteiger partial charge in [0, 0.05) is 33.3 Å². The molecule has 1 fully saturated rings. The third-order valence-electron chi connectivity index (χ3n) is 4.89. The molecule has 0 saturated carbocycles. The molecule has 1 N–H and O–H groups in total. The van der Waals surface area contributed by atoms with Crippen LogP contribution in [0, 0.1) is 13.8 Å². The van der Waals surface area contributed by atoms with Gasteiger partial charge >= 0.3 is 0 Å². The van der Waals surface area contributed by atoms with E-state index in [1.807, 2.05) is 0 Å². The zero-order chi connectivity index (χ0) is 19.6. The fourth-order valence-corrected chi connectivity index (χ4v) is 3.33. The van der Waals surface area contributed by atoms with Gasteiger partial charge in [0.05, 0.1) is 26.3 Å². The lowest BCUT2D eigenvalue weighted by Gasteiger charge is -2.36. The monoisotopic (exact) mass is 376 g/mol. The number of hydrogen-bond donors (Lipinski definition) is 1. The fourth-order valence-electron chi connectivity index (χ4n) is 3.33. The number of guanidine groups is 1. The van der Waals surface area contributed by atoms with Crippen molar-refractivity contribution in [1.82, 2.24) is 15.1 Å². The number of methoxy groups -OCH3 is 1. The summed E-state index contributed by atoms with van der Waals surface area (Å²) in [5.41, 5.74) is 3.86. The molecular weight excluding hydrogens is 340 g/mol. The number of nitrogens with zero attached hydrogens (tertiary/aromatic N) is 3. The van der Waals surface area contributed by atoms with E-state index < -0.39 is 0 Å². The molecular formula is C21H36N4O2. The van der Waals surface area contributed by atoms with Crippen LogP contribution < -0.4 is 5.32 Å². The van der Waals surface area contributed by atoms with Crippen LogP contribution in [-0.4, -0.2) is 82.4 Å². The minimum Gasteiger partial charge on any atom is -0.383 e. The van der Waals surface area contributed by atoms with E-state index in [1.165, 1.54) is 16.7 Å². The number of rotatable bonds is 8. The van der Waals surface area contributed by atoms with Crippen LogP contribution in [0.2, 0.25) is 0 Å². The number of aliphatic imine (C=N–C) groups is 1. The first-order valence-electron chi connectivity index (χ1n) is 9.94. The average Bonchev–Trinajstić information content (AvgIpc) is 2.66. The maximum absolute atomic E-state index is 6.08. The van der Waals surface area contributed by atoms with Crippen LogP contribution in [0.1, 0.15) is 29.7 Å². The Morgan fingerprint density at radius 1 is 1.37 bits per heavy atom. The standard InChI is InChI=1S/C21H36N4O2/c1-6-22-21(23-9-10-24(4)11-13-26-5)25-12-14-27-20(16-25)19-8-7-17(2)15-18(19)3/h7-8,15,20H,6,9-14,16H2,1-5H3,(H,22,23). The second-order valence-corrected chi connectivity index (χ2v) is 7.20. The van der Waals surface area contributed by atoms with Gasteiger partial charge in [0.2, 0.25) is 0 Å². The highest BCUT2D eigenvalue weighted by atomic mass is 16.5. The smallest absolute Gasteiger partial charge is 0.194 e. The molecule has 0 amide bonds. The van der Waals surface area contributed by atoms with Crippen molar-refractivity contribution in [3.05, 3.63) is 34.9 Å². The molecule has 0 aromatic heterocycles. The van der Waals surface area contributed by atoms with E-state index in [9.17, 15) is 0 Å². The predicted octanol–water partition coefficient (Wildman–Crippen LogP) is 2.22. The van der Waals surface area contributed by atoms with Gasteiger partial charge in [-0.25, -0.2) is 0 Å². The van der Waals surface area contributed by atoms with Crippen molar-refractivity contribution in [2.75, 3.05) is 66.6 Å². The number of morpholine rings is 1. The van der Waals surface area contributed by atoms with Gasteiger partial charge in [-0.05, 0) is 38.9 Å². The van der Waals surface area contributed by atoms with E-state index in [0.29, 0.717) is 0 Å². The molecule has 6 heteroatoms. The summed E-state index contributed by atoms with van der Waals surface area (Å²) in [6, 6.07) is 6.60. The Bertz CT molecular complexity index is 606. The van der Waals surface area contributed by atoms with Gasteiger partial charge in [-0.1, -0.05) is 23.8 Å². The number of ether oxygens (including phenoxy) is 2. The number of benzene rings is 1. The van der Waals surface area contributed by atoms with Crippen molar-refractivity contribution in [2.24, 2.45) is 4.99 Å². The van der Waals surface area contributed by atoms with Gasteiger partial charge in [-0.15, -0.1) is 0 Å². The van der Waals surface area contributed by atoms with Crippen molar-refractivity contribution >= 4 is 5.96 Å². The van der Waals surface area contributed by atoms with Crippen LogP contribution in [0.25, 0.3) is 0 Å². The topological polar surface area (TPSA) is 49.3 Å². The largest absolute Gasteiger partial charge is 0.383 e. The van der Waals surface area contributed by atoms with Gasteiger partial charge in [-0.3, -0.25) is 4.99 Å². The summed E-state index contributed by atoms with van der Waals surface area (Å²) in [5.74, 6) is 0.982. The lowest BCUT2D eigenvalue weighted by atomic mass is 10.00. The molecule has 1 atom stereocenters. The second kappa shape index (κ2) is 11.3. The predicted molar refractivity (Wildman–Crippen MR) is 112 cm³/mol. The Morgan fingerprint density at radius 3 is 2.89 bits per heavy atom. The summed E-state index contributed by atoms with van der Waals surface area (Å²) in [6.07, 6.45) is 0.0904. The molecule has 0 bridgehead atoms. The van der Waals surface area contributed by atoms with Crippen molar-refractivity contribution in [3.63, 3.8) is 0 Å². The van der Waals surface area contributed by atoms with Crippen molar-refractivity contribution < 1.29 is 9.47 Å². The van der Waals surface area contributed by atoms with Crippen LogP contribution in [0.15, 0.2) is 23.2 Å². The molecule has 1 unspecified atom stereocenters. The highest BCUT2D eigenvalue weighted by molar-refractivity contribution is 5.80. The molecule has 1 saturated heterocycles. The van der Waals surface area contributed by atoms with E-state index in [4.69, 9.17) is 14.5 Å². The van der Waals surface area contributed by atoms with Crippen molar-refractivity contribution in [3.8, 4) is 0 Å². The molecule has 1 aromatic rings. The zero-order valence-electron chi connectivity index (χ0n) is 17.6. The Labute approximate surface area is 164 Å². The summed E-state index contributed by atoms with van der Waals surface area (Å²) in [4.78, 5) is 9.41. The first kappa shape index (κ1) is 21.7. The van der Waals surface area contributed by atoms with E-state index >= 15 is 0 Å². The first-order chi connectivity index (χ1) is 13.0. The van der Waals surface area contributed by atoms with E-state index in [-0.39, 0.29) is 6.10 Å². The average molecular weight is 377 g/mol. The van der Waals surface area contributed by atoms with Crippen LogP contribution in [0.4, 0.5) is 0 Å². The van der Waals surface area contributed by atoms with Crippen molar-refractivity contribution in [1.29, 1.82) is 0 Å². The molecule has 0 radical (unpaired) electrons. The Hall–Kier alpha value is -1.63. The molecule has 1 heterocycles. The van der Waals surface area contributed by atoms with Crippen LogP contribution >= 0.6 is 0 Å². The maximum Gasteiger partial charge on any atom is 0.194 e. The van der Waals surface area contributed by atoms with E-state index in [2.05, 4.69) is 61.1 Å².